The summed E-state index contributed by atoms with van der Waals surface area (Å²) in [4.78, 5) is -1.05. The van der Waals surface area contributed by atoms with Gasteiger partial charge in [-0.2, -0.15) is 0 Å². The van der Waals surface area contributed by atoms with Crippen molar-refractivity contribution in [2.24, 2.45) is 0 Å². The number of anilines is 3. The van der Waals surface area contributed by atoms with Crippen LogP contribution in [0, 0.1) is 0 Å². The molecule has 0 atom stereocenters. The number of furan rings is 1. The third kappa shape index (κ3) is 5.41. The molecular weight excluding hydrogens is 787 g/mol. The number of hydrogen-bond donors (Lipinski definition) is 0. The van der Waals surface area contributed by atoms with Crippen molar-refractivity contribution in [3.8, 4) is 33.8 Å². The first-order valence-electron chi connectivity index (χ1n) is 36.9. The molecule has 2 aliphatic heterocycles. The zero-order valence-electron chi connectivity index (χ0n) is 68.2. The second kappa shape index (κ2) is 14.1. The molecule has 63 heavy (non-hydrogen) atoms. The molecule has 3 nitrogen and oxygen atoms in total. The van der Waals surface area contributed by atoms with E-state index in [1.807, 2.05) is 0 Å². The van der Waals surface area contributed by atoms with Gasteiger partial charge in [0.05, 0.1) is 61.8 Å². The summed E-state index contributed by atoms with van der Waals surface area (Å²) in [6, 6.07) is -40.5. The van der Waals surface area contributed by atoms with Gasteiger partial charge in [0.1, 0.15) is 17.1 Å². The summed E-state index contributed by atoms with van der Waals surface area (Å²) >= 11 is 0.253. The lowest BCUT2D eigenvalue weighted by Gasteiger charge is -2.45. The summed E-state index contributed by atoms with van der Waals surface area (Å²) in [5.74, 6) is -1.85. The van der Waals surface area contributed by atoms with Crippen molar-refractivity contribution >= 4 is 61.5 Å². The van der Waals surface area contributed by atoms with Crippen molar-refractivity contribution < 1.29 is 59.9 Å². The minimum absolute atomic E-state index is 0.253. The van der Waals surface area contributed by atoms with Gasteiger partial charge in [0, 0.05) is 48.5 Å². The fourth-order valence-electron chi connectivity index (χ4n) is 7.69. The van der Waals surface area contributed by atoms with Crippen LogP contribution in [0.25, 0.3) is 55.0 Å². The zero-order valence-corrected chi connectivity index (χ0v) is 32.0. The molecule has 10 aromatic carbocycles. The summed E-state index contributed by atoms with van der Waals surface area (Å²) in [5, 5.41) is -2.59. The van der Waals surface area contributed by atoms with Crippen LogP contribution in [0.1, 0.15) is 73.0 Å². The summed E-state index contributed by atoms with van der Waals surface area (Å²) < 4.78 is 355. The molecule has 0 radical (unpaired) electrons. The molecule has 1 aromatic heterocycles. The Kier molecular flexibility index (Phi) is 3.35. The van der Waals surface area contributed by atoms with Crippen molar-refractivity contribution in [3.05, 3.63) is 246 Å². The Morgan fingerprint density at radius 2 is 0.984 bits per heavy atom. The Balaban J connectivity index is 1.23. The van der Waals surface area contributed by atoms with Gasteiger partial charge in [0.15, 0.2) is 5.58 Å². The zero-order chi connectivity index (χ0) is 73.7. The molecule has 4 heteroatoms. The predicted molar refractivity (Wildman–Crippen MR) is 259 cm³/mol. The topological polar surface area (TPSA) is 25.6 Å². The predicted octanol–water partition coefficient (Wildman–Crippen LogP) is 16.5. The molecule has 11 aromatic rings. The van der Waals surface area contributed by atoms with E-state index in [2.05, 4.69) is 0 Å². The minimum Gasteiger partial charge on any atom is -0.457 e. The molecule has 0 N–H and O–H groups in total. The highest BCUT2D eigenvalue weighted by molar-refractivity contribution is 7.99. The fourth-order valence-corrected chi connectivity index (χ4v) is 8.87. The van der Waals surface area contributed by atoms with E-state index in [0.717, 1.165) is 0 Å². The fraction of sp³-hybridized carbons (Fsp3) is 0.0169. The van der Waals surface area contributed by atoms with Crippen LogP contribution in [-0.4, -0.2) is 0 Å². The Hall–Kier alpha value is -7.79. The lowest BCUT2D eigenvalue weighted by atomic mass is 9.63. The van der Waals surface area contributed by atoms with Crippen molar-refractivity contribution in [1.82, 2.24) is 0 Å². The highest BCUT2D eigenvalue weighted by Crippen LogP contribution is 2.62. The third-order valence-electron chi connectivity index (χ3n) is 10.3. The van der Waals surface area contributed by atoms with Crippen molar-refractivity contribution in [2.75, 3.05) is 4.90 Å². The van der Waals surface area contributed by atoms with Gasteiger partial charge in [-0.05, 0) is 93.1 Å². The maximum absolute atomic E-state index is 10.1. The van der Waals surface area contributed by atoms with E-state index in [1.165, 1.54) is 0 Å². The van der Waals surface area contributed by atoms with Crippen LogP contribution in [0.3, 0.4) is 0 Å². The van der Waals surface area contributed by atoms with Crippen LogP contribution in [0.15, 0.2) is 238 Å². The smallest absolute Gasteiger partial charge is 0.159 e. The number of hydrogen-bond acceptors (Lipinski definition) is 4. The van der Waals surface area contributed by atoms with Gasteiger partial charge in [-0.25, -0.2) is 0 Å². The molecule has 2 aliphatic rings. The summed E-state index contributed by atoms with van der Waals surface area (Å²) in [5.41, 5.74) is -15.7. The maximum atomic E-state index is 10.1. The minimum atomic E-state index is -3.13. The van der Waals surface area contributed by atoms with Crippen molar-refractivity contribution in [2.45, 2.75) is 15.2 Å². The standard InChI is InChI=1S/C59H37NO2S/c1-2-14-38(15-3-1)39-28-33-42(34-29-39)60(52-24-13-19-46-47-37-32-40-16-4-5-17-44(40)56(47)62-57(46)52)43-35-30-41(31-36-43)45-18-12-23-51-58(45)63-55-27-11-8-22-50(55)59(51)48-20-6-9-25-53(48)61-54-26-10-7-21-49(54)59/h1-37H/i1D,2D,3D,4D,5D,6D,7D,8D,9D,10D,11D,12D,13D,14D,15D,16D,17D,18D,19D,20D,21D,22D,23D,24D,25D,26D,27D,28D,29D,30D,31D,32D,33D,34D,35D,36D,37D. The Morgan fingerprint density at radius 1 is 0.413 bits per heavy atom. The highest BCUT2D eigenvalue weighted by atomic mass is 32.2. The molecule has 0 saturated heterocycles. The van der Waals surface area contributed by atoms with Gasteiger partial charge in [0.2, 0.25) is 0 Å². The first-order valence-corrected chi connectivity index (χ1v) is 19.2. The van der Waals surface area contributed by atoms with E-state index < -0.39 is 345 Å². The molecule has 13 rings (SSSR count). The molecule has 0 amide bonds. The lowest BCUT2D eigenvalue weighted by Crippen LogP contribution is -2.36. The van der Waals surface area contributed by atoms with E-state index in [0.29, 0.717) is 4.90 Å². The first-order chi connectivity index (χ1) is 46.6. The van der Waals surface area contributed by atoms with Gasteiger partial charge >= 0.3 is 0 Å². The average molecular weight is 861 g/mol. The Bertz CT molecular complexity index is 5600. The summed E-state index contributed by atoms with van der Waals surface area (Å²) in [6.45, 7) is 0. The highest BCUT2D eigenvalue weighted by Gasteiger charge is 2.49. The summed E-state index contributed by atoms with van der Waals surface area (Å²) in [6.07, 6.45) is 0. The van der Waals surface area contributed by atoms with Gasteiger partial charge in [-0.3, -0.25) is 0 Å². The number of rotatable bonds is 5. The lowest BCUT2D eigenvalue weighted by molar-refractivity contribution is 0.431. The molecule has 0 unspecified atom stereocenters. The van der Waals surface area contributed by atoms with Gasteiger partial charge in [-0.1, -0.05) is 181 Å². The Labute approximate surface area is 421 Å². The van der Waals surface area contributed by atoms with Crippen LogP contribution in [0.4, 0.5) is 17.1 Å². The number of para-hydroxylation sites is 3. The van der Waals surface area contributed by atoms with E-state index in [4.69, 9.17) is 31.1 Å². The first kappa shape index (κ1) is 14.9. The normalized spacial score (nSPS) is 21.5. The Morgan fingerprint density at radius 3 is 1.75 bits per heavy atom. The molecule has 1 spiro atoms. The second-order valence-electron chi connectivity index (χ2n) is 13.5. The third-order valence-corrected chi connectivity index (χ3v) is 11.4. The molecule has 0 fully saturated rings. The average Bonchev–Trinajstić information content (AvgIpc) is 0.767. The quantitative estimate of drug-likeness (QED) is 0.172. The van der Waals surface area contributed by atoms with E-state index in [9.17, 15) is 28.8 Å². The molecule has 296 valence electrons. The van der Waals surface area contributed by atoms with E-state index >= 15 is 0 Å². The maximum Gasteiger partial charge on any atom is 0.159 e. The largest absolute Gasteiger partial charge is 0.457 e. The monoisotopic (exact) mass is 860 g/mol. The van der Waals surface area contributed by atoms with E-state index in [1.54, 1.807) is 0 Å². The second-order valence-corrected chi connectivity index (χ2v) is 14.6. The van der Waals surface area contributed by atoms with Crippen molar-refractivity contribution in [1.29, 1.82) is 0 Å². The van der Waals surface area contributed by atoms with Gasteiger partial charge in [-0.15, -0.1) is 0 Å². The van der Waals surface area contributed by atoms with Crippen molar-refractivity contribution in [3.63, 3.8) is 0 Å². The van der Waals surface area contributed by atoms with Gasteiger partial charge < -0.3 is 14.1 Å². The summed E-state index contributed by atoms with van der Waals surface area (Å²) in [7, 11) is 0. The molecule has 0 bridgehead atoms. The van der Waals surface area contributed by atoms with Crippen LogP contribution in [0.5, 0.6) is 11.5 Å². The van der Waals surface area contributed by atoms with Crippen LogP contribution >= 0.6 is 11.8 Å². The molecular formula is C59H37NO2S. The van der Waals surface area contributed by atoms with Crippen LogP contribution in [-0.2, 0) is 5.41 Å². The SMILES string of the molecule is [2H]c1c([2H])c([2H])c(-c2c([2H])c([2H])c(N(c3c([2H])c([2H])c(-c4c([2H])c([2H])c([2H])c5c4Sc4c([2H])c([2H])c([2H])c([2H])c4C54c5c([2H])c([2H])c([2H])c([2H])c5Oc5c([2H])c([2H])c([2H])c([2H])c54)c([2H])c3[2H])c3c([2H])c([2H])c([2H])c4c3oc3c5c([2H])c([2H])c([2H])c([2H])c5c([2H])c([2H])c34)c([2H])c2[2H])c([2H])c1[2H]. The number of fused-ring (bicyclic) bond motifs is 13. The number of nitrogens with zero attached hydrogens (tertiary/aromatic N) is 1. The molecule has 3 heterocycles. The van der Waals surface area contributed by atoms with Gasteiger partial charge in [0.25, 0.3) is 0 Å². The van der Waals surface area contributed by atoms with Crippen LogP contribution < -0.4 is 9.64 Å². The molecule has 0 saturated carbocycles. The molecule has 0 aliphatic carbocycles. The number of benzene rings is 10. The van der Waals surface area contributed by atoms with Crippen LogP contribution in [0.2, 0.25) is 0 Å². The van der Waals surface area contributed by atoms with E-state index in [-0.39, 0.29) is 11.8 Å². The number of ether oxygens (including phenoxy) is 1.